The predicted octanol–water partition coefficient (Wildman–Crippen LogP) is 5.52. The molecule has 1 aliphatic carbocycles. The molecule has 0 atom stereocenters. The summed E-state index contributed by atoms with van der Waals surface area (Å²) in [6.07, 6.45) is 4.40. The molecule has 1 aromatic heterocycles. The summed E-state index contributed by atoms with van der Waals surface area (Å²) in [6.45, 7) is 5.01. The molecular formula is C26H34ClN5O. The largest absolute Gasteiger partial charge is 0.487 e. The third-order valence-electron chi connectivity index (χ3n) is 6.09. The molecule has 2 N–H and O–H groups in total. The molecule has 4 rings (SSSR count). The van der Waals surface area contributed by atoms with Crippen LogP contribution in [0.25, 0.3) is 10.9 Å². The first-order valence-corrected chi connectivity index (χ1v) is 12.1. The Bertz CT molecular complexity index is 1060. The molecular weight excluding hydrogens is 434 g/mol. The molecule has 0 aliphatic heterocycles. The van der Waals surface area contributed by atoms with Gasteiger partial charge in [-0.05, 0) is 75.9 Å². The van der Waals surface area contributed by atoms with E-state index in [1.165, 1.54) is 0 Å². The van der Waals surface area contributed by atoms with Gasteiger partial charge in [0.1, 0.15) is 17.2 Å². The Labute approximate surface area is 201 Å². The van der Waals surface area contributed by atoms with Gasteiger partial charge in [-0.3, -0.25) is 0 Å². The Balaban J connectivity index is 1.29. The fourth-order valence-corrected chi connectivity index (χ4v) is 4.46. The monoisotopic (exact) mass is 467 g/mol. The second-order valence-corrected chi connectivity index (χ2v) is 10.1. The highest BCUT2D eigenvalue weighted by Crippen LogP contribution is 2.27. The quantitative estimate of drug-likeness (QED) is 0.454. The molecule has 0 unspecified atom stereocenters. The maximum absolute atomic E-state index is 6.16. The van der Waals surface area contributed by atoms with Crippen LogP contribution in [0.1, 0.15) is 39.5 Å². The molecule has 176 valence electrons. The van der Waals surface area contributed by atoms with Crippen molar-refractivity contribution in [3.63, 3.8) is 0 Å². The Morgan fingerprint density at radius 2 is 1.64 bits per heavy atom. The first-order chi connectivity index (χ1) is 15.8. The highest BCUT2D eigenvalue weighted by molar-refractivity contribution is 6.30. The van der Waals surface area contributed by atoms with Crippen LogP contribution in [0.4, 0.5) is 11.8 Å². The smallest absolute Gasteiger partial charge is 0.225 e. The number of rotatable bonds is 8. The molecule has 0 spiro atoms. The number of hydrogen-bond acceptors (Lipinski definition) is 6. The van der Waals surface area contributed by atoms with Crippen molar-refractivity contribution < 1.29 is 4.74 Å². The van der Waals surface area contributed by atoms with Crippen LogP contribution in [0.3, 0.4) is 0 Å². The molecule has 0 amide bonds. The molecule has 0 saturated heterocycles. The molecule has 1 heterocycles. The van der Waals surface area contributed by atoms with Gasteiger partial charge in [-0.1, -0.05) is 23.7 Å². The Morgan fingerprint density at radius 1 is 0.970 bits per heavy atom. The fraction of sp³-hybridized carbons (Fsp3) is 0.462. The Kier molecular flexibility index (Phi) is 7.25. The van der Waals surface area contributed by atoms with E-state index in [2.05, 4.69) is 30.5 Å². The molecule has 1 fully saturated rings. The summed E-state index contributed by atoms with van der Waals surface area (Å²) >= 11 is 5.97. The zero-order valence-electron chi connectivity index (χ0n) is 19.9. The molecule has 1 aliphatic rings. The lowest BCUT2D eigenvalue weighted by Gasteiger charge is -2.33. The second kappa shape index (κ2) is 10.1. The van der Waals surface area contributed by atoms with E-state index in [1.807, 2.05) is 61.5 Å². The number of fused-ring (bicyclic) bond motifs is 1. The first kappa shape index (κ1) is 23.6. The lowest BCUT2D eigenvalue weighted by molar-refractivity contribution is 0.101. The van der Waals surface area contributed by atoms with Gasteiger partial charge in [-0.25, -0.2) is 4.98 Å². The van der Waals surface area contributed by atoms with E-state index in [0.29, 0.717) is 18.0 Å². The van der Waals surface area contributed by atoms with Gasteiger partial charge in [0, 0.05) is 43.1 Å². The number of aromatic nitrogens is 2. The van der Waals surface area contributed by atoms with Crippen molar-refractivity contribution >= 4 is 34.3 Å². The van der Waals surface area contributed by atoms with E-state index < -0.39 is 0 Å². The molecule has 6 nitrogen and oxygen atoms in total. The summed E-state index contributed by atoms with van der Waals surface area (Å²) in [5, 5.41) is 9.09. The van der Waals surface area contributed by atoms with Crippen molar-refractivity contribution in [2.75, 3.05) is 30.9 Å². The number of para-hydroxylation sites is 1. The lowest BCUT2D eigenvalue weighted by Crippen LogP contribution is -2.46. The van der Waals surface area contributed by atoms with Crippen molar-refractivity contribution in [1.29, 1.82) is 0 Å². The van der Waals surface area contributed by atoms with Crippen LogP contribution in [-0.4, -0.2) is 48.3 Å². The average Bonchev–Trinajstić information content (AvgIpc) is 2.79. The van der Waals surface area contributed by atoms with E-state index in [9.17, 15) is 0 Å². The maximum Gasteiger partial charge on any atom is 0.225 e. The minimum atomic E-state index is -0.301. The van der Waals surface area contributed by atoms with Crippen LogP contribution >= 0.6 is 11.6 Å². The molecule has 2 aromatic carbocycles. The van der Waals surface area contributed by atoms with Gasteiger partial charge in [0.05, 0.1) is 5.52 Å². The van der Waals surface area contributed by atoms with E-state index in [4.69, 9.17) is 26.3 Å². The van der Waals surface area contributed by atoms with E-state index in [-0.39, 0.29) is 5.60 Å². The summed E-state index contributed by atoms with van der Waals surface area (Å²) in [5.41, 5.74) is 0.668. The SMILES string of the molecule is CN(C)c1nc(NC2CCC(NCC(C)(C)Oc3ccc(Cl)cc3)CC2)nc2ccccc12. The summed E-state index contributed by atoms with van der Waals surface area (Å²) < 4.78 is 6.16. The molecule has 0 radical (unpaired) electrons. The molecule has 7 heteroatoms. The van der Waals surface area contributed by atoms with Crippen LogP contribution < -0.4 is 20.3 Å². The zero-order chi connectivity index (χ0) is 23.4. The highest BCUT2D eigenvalue weighted by atomic mass is 35.5. The number of nitrogens with zero attached hydrogens (tertiary/aromatic N) is 3. The number of halogens is 1. The van der Waals surface area contributed by atoms with Crippen molar-refractivity contribution in [3.8, 4) is 5.75 Å². The predicted molar refractivity (Wildman–Crippen MR) is 138 cm³/mol. The highest BCUT2D eigenvalue weighted by Gasteiger charge is 2.26. The van der Waals surface area contributed by atoms with Crippen molar-refractivity contribution in [3.05, 3.63) is 53.6 Å². The molecule has 3 aromatic rings. The standard InChI is InChI=1S/C26H34ClN5O/c1-26(2,33-21-15-9-18(27)10-16-21)17-28-19-11-13-20(14-12-19)29-25-30-23-8-6-5-7-22(23)24(31-25)32(3)4/h5-10,15-16,19-20,28H,11-14,17H2,1-4H3,(H,29,30,31). The third-order valence-corrected chi connectivity index (χ3v) is 6.34. The lowest BCUT2D eigenvalue weighted by atomic mass is 9.91. The second-order valence-electron chi connectivity index (χ2n) is 9.67. The summed E-state index contributed by atoms with van der Waals surface area (Å²) in [4.78, 5) is 11.6. The van der Waals surface area contributed by atoms with Gasteiger partial charge in [0.15, 0.2) is 0 Å². The summed E-state index contributed by atoms with van der Waals surface area (Å²) in [6, 6.07) is 16.6. The molecule has 1 saturated carbocycles. The first-order valence-electron chi connectivity index (χ1n) is 11.7. The Hall–Kier alpha value is -2.57. The normalized spacial score (nSPS) is 18.8. The van der Waals surface area contributed by atoms with Gasteiger partial charge in [0.2, 0.25) is 5.95 Å². The summed E-state index contributed by atoms with van der Waals surface area (Å²) in [5.74, 6) is 2.50. The minimum Gasteiger partial charge on any atom is -0.487 e. The van der Waals surface area contributed by atoms with Crippen LogP contribution in [0.2, 0.25) is 5.02 Å². The van der Waals surface area contributed by atoms with Crippen LogP contribution in [0.5, 0.6) is 5.75 Å². The van der Waals surface area contributed by atoms with Crippen molar-refractivity contribution in [2.45, 2.75) is 57.2 Å². The number of anilines is 2. The van der Waals surface area contributed by atoms with Gasteiger partial charge in [-0.2, -0.15) is 4.98 Å². The number of ether oxygens (including phenoxy) is 1. The number of benzene rings is 2. The topological polar surface area (TPSA) is 62.3 Å². The summed E-state index contributed by atoms with van der Waals surface area (Å²) in [7, 11) is 4.04. The minimum absolute atomic E-state index is 0.301. The van der Waals surface area contributed by atoms with Gasteiger partial charge in [-0.15, -0.1) is 0 Å². The molecule has 33 heavy (non-hydrogen) atoms. The van der Waals surface area contributed by atoms with Gasteiger partial charge in [0.25, 0.3) is 0 Å². The fourth-order valence-electron chi connectivity index (χ4n) is 4.34. The average molecular weight is 468 g/mol. The molecule has 0 bridgehead atoms. The van der Waals surface area contributed by atoms with Crippen LogP contribution in [-0.2, 0) is 0 Å². The van der Waals surface area contributed by atoms with E-state index in [1.54, 1.807) is 0 Å². The van der Waals surface area contributed by atoms with E-state index in [0.717, 1.165) is 59.7 Å². The maximum atomic E-state index is 6.16. The van der Waals surface area contributed by atoms with Gasteiger partial charge >= 0.3 is 0 Å². The van der Waals surface area contributed by atoms with E-state index >= 15 is 0 Å². The number of nitrogens with one attached hydrogen (secondary N) is 2. The number of hydrogen-bond donors (Lipinski definition) is 2. The van der Waals surface area contributed by atoms with Gasteiger partial charge < -0.3 is 20.3 Å². The van der Waals surface area contributed by atoms with Crippen molar-refractivity contribution in [2.24, 2.45) is 0 Å². The van der Waals surface area contributed by atoms with Crippen LogP contribution in [0.15, 0.2) is 48.5 Å². The third kappa shape index (κ3) is 6.27. The van der Waals surface area contributed by atoms with Crippen molar-refractivity contribution in [1.82, 2.24) is 15.3 Å². The van der Waals surface area contributed by atoms with Crippen LogP contribution in [0, 0.1) is 0 Å². The Morgan fingerprint density at radius 3 is 2.33 bits per heavy atom. The zero-order valence-corrected chi connectivity index (χ0v) is 20.7.